The lowest BCUT2D eigenvalue weighted by Gasteiger charge is -2.32. The molecule has 0 spiro atoms. The summed E-state index contributed by atoms with van der Waals surface area (Å²) >= 11 is 0. The third kappa shape index (κ3) is 19.0. The van der Waals surface area contributed by atoms with E-state index >= 15 is 0 Å². The number of carbonyl (C=O) groups is 7. The Morgan fingerprint density at radius 1 is 0.536 bits per heavy atom. The van der Waals surface area contributed by atoms with Gasteiger partial charge in [0.05, 0.1) is 12.0 Å². The Balaban J connectivity index is 2.96. The number of nitrogens with one attached hydrogen (secondary N) is 2. The summed E-state index contributed by atoms with van der Waals surface area (Å²) in [5.74, 6) is -4.16. The van der Waals surface area contributed by atoms with Crippen molar-refractivity contribution in [2.45, 2.75) is 19.4 Å². The van der Waals surface area contributed by atoms with E-state index in [0.717, 1.165) is 36.5 Å². The zero-order valence-electron chi connectivity index (χ0n) is 30.7. The minimum Gasteiger partial charge on any atom is -0.462 e. The van der Waals surface area contributed by atoms with Gasteiger partial charge in [0, 0.05) is 43.5 Å². The van der Waals surface area contributed by atoms with E-state index < -0.39 is 112 Å². The maximum atomic E-state index is 12.7. The van der Waals surface area contributed by atoms with Crippen molar-refractivity contribution >= 4 is 42.0 Å². The van der Waals surface area contributed by atoms with Gasteiger partial charge in [-0.1, -0.05) is 63.7 Å². The van der Waals surface area contributed by atoms with E-state index in [0.29, 0.717) is 11.1 Å². The molecule has 0 saturated carbocycles. The van der Waals surface area contributed by atoms with Crippen LogP contribution < -0.4 is 10.6 Å². The molecule has 0 heterocycles. The fourth-order valence-electron chi connectivity index (χ4n) is 3.98. The monoisotopic (exact) mass is 786 g/mol. The second-order valence-corrected chi connectivity index (χ2v) is 11.7. The summed E-state index contributed by atoms with van der Waals surface area (Å²) in [7, 11) is 0. The second-order valence-electron chi connectivity index (χ2n) is 11.7. The number of hydrogen-bond acceptors (Lipinski definition) is 16. The number of esters is 5. The van der Waals surface area contributed by atoms with Crippen molar-refractivity contribution in [3.8, 4) is 0 Å². The van der Waals surface area contributed by atoms with Crippen LogP contribution in [0.3, 0.4) is 0 Å². The summed E-state index contributed by atoms with van der Waals surface area (Å²) in [6, 6.07) is 6.65. The molecule has 0 aliphatic heterocycles. The number of ether oxygens (including phenoxy) is 8. The molecule has 1 aromatic rings. The third-order valence-electron chi connectivity index (χ3n) is 7.08. The topological polar surface area (TPSA) is 238 Å². The fourth-order valence-corrected chi connectivity index (χ4v) is 3.98. The molecule has 0 aliphatic carbocycles. The Bertz CT molecular complexity index is 1520. The van der Waals surface area contributed by atoms with E-state index in [1.807, 2.05) is 0 Å². The lowest BCUT2D eigenvalue weighted by atomic mass is 9.92. The summed E-state index contributed by atoms with van der Waals surface area (Å²) in [5.41, 5.74) is -1.85. The van der Waals surface area contributed by atoms with E-state index in [1.54, 1.807) is 24.3 Å². The van der Waals surface area contributed by atoms with Gasteiger partial charge in [0.1, 0.15) is 51.7 Å². The molecule has 2 amide bonds. The first-order chi connectivity index (χ1) is 26.7. The minimum atomic E-state index is -1.53. The number of rotatable bonds is 27. The third-order valence-corrected chi connectivity index (χ3v) is 7.08. The van der Waals surface area contributed by atoms with Gasteiger partial charge in [-0.25, -0.2) is 33.6 Å². The normalized spacial score (nSPS) is 11.2. The van der Waals surface area contributed by atoms with Gasteiger partial charge in [0.2, 0.25) is 0 Å². The lowest BCUT2D eigenvalue weighted by molar-refractivity contribution is -0.164. The van der Waals surface area contributed by atoms with Crippen molar-refractivity contribution in [1.29, 1.82) is 0 Å². The van der Waals surface area contributed by atoms with Crippen molar-refractivity contribution in [1.82, 2.24) is 10.6 Å². The summed E-state index contributed by atoms with van der Waals surface area (Å²) in [6.45, 7) is 16.0. The molecule has 3 N–H and O–H groups in total. The van der Waals surface area contributed by atoms with Crippen LogP contribution in [0, 0.1) is 10.8 Å². The van der Waals surface area contributed by atoms with Crippen LogP contribution in [-0.4, -0.2) is 106 Å². The van der Waals surface area contributed by atoms with E-state index in [1.165, 1.54) is 0 Å². The van der Waals surface area contributed by atoms with Crippen LogP contribution in [0.5, 0.6) is 0 Å². The Kier molecular flexibility index (Phi) is 21.6. The first-order valence-electron chi connectivity index (χ1n) is 16.5. The predicted octanol–water partition coefficient (Wildman–Crippen LogP) is 2.28. The Morgan fingerprint density at radius 2 is 0.839 bits per heavy atom. The van der Waals surface area contributed by atoms with Gasteiger partial charge in [-0.15, -0.1) is 0 Å². The van der Waals surface area contributed by atoms with E-state index in [9.17, 15) is 38.7 Å². The fraction of sp³-hybridized carbons (Fsp3) is 0.342. The highest BCUT2D eigenvalue weighted by Crippen LogP contribution is 2.23. The number of carbonyl (C=O) groups excluding carboxylic acids is 7. The molecule has 0 bridgehead atoms. The predicted molar refractivity (Wildman–Crippen MR) is 196 cm³/mol. The van der Waals surface area contributed by atoms with Crippen molar-refractivity contribution in [3.63, 3.8) is 0 Å². The molecule has 1 unspecified atom stereocenters. The van der Waals surface area contributed by atoms with E-state index in [4.69, 9.17) is 37.9 Å². The van der Waals surface area contributed by atoms with Crippen LogP contribution in [0.2, 0.25) is 0 Å². The molecular weight excluding hydrogens is 740 g/mol. The standard InChI is InChI=1S/C38H46N2O16/c1-7-29(41)49-19-37(20-50-30(42)8-2,21-51-31(43)9-3)25-55-35(47)39-17-27-14-13-15-28(16-27)18-40-36(48)56-26-38(22-52-32(44)10-4,23-53-33(45)11-5)24-54-34(46)12-6/h7-16,29,41H,1-6,17-26H2,(H,39,47)(H,40,48). The van der Waals surface area contributed by atoms with Gasteiger partial charge in [-0.05, 0) is 17.2 Å². The molecule has 1 rings (SSSR count). The van der Waals surface area contributed by atoms with Gasteiger partial charge < -0.3 is 53.6 Å². The zero-order valence-corrected chi connectivity index (χ0v) is 30.7. The Hall–Kier alpha value is -6.53. The molecule has 0 aliphatic rings. The molecule has 1 atom stereocenters. The molecule has 0 fully saturated rings. The Morgan fingerprint density at radius 3 is 1.14 bits per heavy atom. The molecular formula is C38H46N2O16. The zero-order chi connectivity index (χ0) is 42.0. The smallest absolute Gasteiger partial charge is 0.407 e. The van der Waals surface area contributed by atoms with E-state index in [2.05, 4.69) is 50.1 Å². The molecule has 18 heteroatoms. The average molecular weight is 787 g/mol. The minimum absolute atomic E-state index is 0.0501. The molecule has 0 aromatic heterocycles. The van der Waals surface area contributed by atoms with Gasteiger partial charge in [0.25, 0.3) is 0 Å². The maximum absolute atomic E-state index is 12.7. The summed E-state index contributed by atoms with van der Waals surface area (Å²) in [4.78, 5) is 84.5. The number of amides is 2. The van der Waals surface area contributed by atoms with Crippen LogP contribution in [-0.2, 0) is 75.0 Å². The summed E-state index contributed by atoms with van der Waals surface area (Å²) in [6.07, 6.45) is 2.22. The van der Waals surface area contributed by atoms with Crippen molar-refractivity contribution in [3.05, 3.63) is 111 Å². The van der Waals surface area contributed by atoms with Gasteiger partial charge in [-0.3, -0.25) is 0 Å². The van der Waals surface area contributed by atoms with E-state index in [-0.39, 0.29) is 13.1 Å². The van der Waals surface area contributed by atoms with Gasteiger partial charge in [0.15, 0.2) is 6.29 Å². The van der Waals surface area contributed by atoms with Crippen molar-refractivity contribution in [2.24, 2.45) is 10.8 Å². The first kappa shape index (κ1) is 47.5. The first-order valence-corrected chi connectivity index (χ1v) is 16.5. The number of aliphatic hydroxyl groups excluding tert-OH is 1. The number of hydrogen-bond donors (Lipinski definition) is 3. The van der Waals surface area contributed by atoms with Crippen LogP contribution in [0.25, 0.3) is 0 Å². The van der Waals surface area contributed by atoms with Crippen molar-refractivity contribution in [2.75, 3.05) is 52.9 Å². The van der Waals surface area contributed by atoms with Gasteiger partial charge >= 0.3 is 42.0 Å². The largest absolute Gasteiger partial charge is 0.462 e. The molecule has 18 nitrogen and oxygen atoms in total. The quantitative estimate of drug-likeness (QED) is 0.0381. The molecule has 56 heavy (non-hydrogen) atoms. The Labute approximate surface area is 323 Å². The van der Waals surface area contributed by atoms with Crippen molar-refractivity contribution < 1.29 is 76.6 Å². The van der Waals surface area contributed by atoms with Crippen LogP contribution in [0.1, 0.15) is 11.1 Å². The highest BCUT2D eigenvalue weighted by Gasteiger charge is 2.38. The van der Waals surface area contributed by atoms with Crippen LogP contribution in [0.15, 0.2) is 100 Å². The maximum Gasteiger partial charge on any atom is 0.407 e. The van der Waals surface area contributed by atoms with Gasteiger partial charge in [-0.2, -0.15) is 0 Å². The number of alkyl carbamates (subject to hydrolysis) is 2. The lowest BCUT2D eigenvalue weighted by Crippen LogP contribution is -2.44. The molecule has 1 aromatic carbocycles. The van der Waals surface area contributed by atoms with Crippen LogP contribution in [0.4, 0.5) is 9.59 Å². The number of benzene rings is 1. The molecule has 304 valence electrons. The van der Waals surface area contributed by atoms with Crippen LogP contribution >= 0.6 is 0 Å². The molecule has 0 radical (unpaired) electrons. The molecule has 0 saturated heterocycles. The second kappa shape index (κ2) is 25.5. The summed E-state index contributed by atoms with van der Waals surface area (Å²) < 4.78 is 41.6. The highest BCUT2D eigenvalue weighted by molar-refractivity contribution is 5.83. The SMILES string of the molecule is C=CC(=O)OCC(COC(=O)C=C)(COC(=O)C=C)COC(=O)NCc1cccc(CNC(=O)OCC(COC(=O)C=C)(COC(=O)C=C)COC(O)C=C)c1. The average Bonchev–Trinajstić information content (AvgIpc) is 3.22. The highest BCUT2D eigenvalue weighted by atomic mass is 16.6. The number of aliphatic hydroxyl groups is 1. The summed E-state index contributed by atoms with van der Waals surface area (Å²) in [5, 5.41) is 14.9.